The number of aryl methyl sites for hydroxylation is 1. The third kappa shape index (κ3) is 6.73. The van der Waals surface area contributed by atoms with Gasteiger partial charge in [-0.05, 0) is 50.0 Å². The van der Waals surface area contributed by atoms with Gasteiger partial charge in [-0.3, -0.25) is 24.6 Å². The highest BCUT2D eigenvalue weighted by atomic mass is 16.4. The number of carboxylic acids is 1. The molecule has 0 spiro atoms. The number of ketones is 1. The van der Waals surface area contributed by atoms with Crippen LogP contribution in [-0.4, -0.2) is 99.5 Å². The first-order valence-electron chi connectivity index (χ1n) is 13.4. The largest absolute Gasteiger partial charge is 0.475 e. The van der Waals surface area contributed by atoms with Gasteiger partial charge in [-0.15, -0.1) is 0 Å². The monoisotopic (exact) mass is 540 g/mol. The van der Waals surface area contributed by atoms with Gasteiger partial charge < -0.3 is 30.9 Å². The number of piperazine rings is 1. The SMILES string of the molecule is N=C(N)N1CCCC(CC(NC(=O)C2CCC3CN(C(=O)CCc4ccccc4)CC(=O)N32)C(=O)C(=O)O)C1. The summed E-state index contributed by atoms with van der Waals surface area (Å²) in [4.78, 5) is 67.9. The molecule has 3 aliphatic rings. The topological polar surface area (TPSA) is 177 Å². The van der Waals surface area contributed by atoms with Crippen LogP contribution in [0.1, 0.15) is 44.1 Å². The van der Waals surface area contributed by atoms with E-state index < -0.39 is 29.7 Å². The maximum absolute atomic E-state index is 13.3. The average Bonchev–Trinajstić information content (AvgIpc) is 3.36. The molecule has 1 aromatic rings. The van der Waals surface area contributed by atoms with E-state index in [-0.39, 0.29) is 49.1 Å². The van der Waals surface area contributed by atoms with E-state index in [2.05, 4.69) is 5.32 Å². The lowest BCUT2D eigenvalue weighted by molar-refractivity contribution is -0.152. The van der Waals surface area contributed by atoms with E-state index in [4.69, 9.17) is 11.1 Å². The molecule has 12 heteroatoms. The van der Waals surface area contributed by atoms with Gasteiger partial charge in [0, 0.05) is 26.1 Å². The Morgan fingerprint density at radius 1 is 1.08 bits per heavy atom. The molecule has 3 amide bonds. The van der Waals surface area contributed by atoms with Gasteiger partial charge >= 0.3 is 5.97 Å². The number of nitrogens with one attached hydrogen (secondary N) is 2. The molecule has 0 aromatic heterocycles. The number of Topliss-reactive ketones (excluding diaryl/α,β-unsaturated/α-hetero) is 1. The summed E-state index contributed by atoms with van der Waals surface area (Å²) in [6, 6.07) is 7.26. The van der Waals surface area contributed by atoms with Crippen LogP contribution >= 0.6 is 0 Å². The van der Waals surface area contributed by atoms with Crippen molar-refractivity contribution in [3.63, 3.8) is 0 Å². The van der Waals surface area contributed by atoms with Gasteiger partial charge in [-0.2, -0.15) is 0 Å². The Kier molecular flexibility index (Phi) is 8.82. The van der Waals surface area contributed by atoms with Crippen LogP contribution < -0.4 is 11.1 Å². The summed E-state index contributed by atoms with van der Waals surface area (Å²) in [6.45, 7) is 1.23. The standard InChI is InChI=1S/C27H36N6O6/c28-27(29)31-12-4-7-18(14-31)13-20(24(36)26(38)39)30-25(37)21-10-9-19-15-32(16-23(35)33(19)21)22(34)11-8-17-5-2-1-3-6-17/h1-3,5-6,18-21H,4,7-16H2,(H3,28,29)(H,30,37)(H,38,39). The van der Waals surface area contributed by atoms with Gasteiger partial charge in [0.05, 0.1) is 18.6 Å². The lowest BCUT2D eigenvalue weighted by Crippen LogP contribution is -2.60. The van der Waals surface area contributed by atoms with Crippen molar-refractivity contribution < 1.29 is 29.1 Å². The number of likely N-dealkylation sites (tertiary alicyclic amines) is 1. The van der Waals surface area contributed by atoms with Gasteiger partial charge in [0.2, 0.25) is 17.7 Å². The number of nitrogens with two attached hydrogens (primary N) is 1. The summed E-state index contributed by atoms with van der Waals surface area (Å²) in [5.74, 6) is -3.96. The van der Waals surface area contributed by atoms with Crippen LogP contribution in [0.4, 0.5) is 0 Å². The fourth-order valence-corrected chi connectivity index (χ4v) is 5.96. The average molecular weight is 541 g/mol. The fraction of sp³-hybridized carbons (Fsp3) is 0.556. The molecule has 0 saturated carbocycles. The number of carbonyl (C=O) groups excluding carboxylic acids is 4. The molecule has 3 heterocycles. The molecular formula is C27H36N6O6. The molecule has 0 bridgehead atoms. The Labute approximate surface area is 227 Å². The molecule has 4 unspecified atom stereocenters. The van der Waals surface area contributed by atoms with Crippen molar-refractivity contribution in [2.45, 2.75) is 63.1 Å². The lowest BCUT2D eigenvalue weighted by Gasteiger charge is -2.39. The number of aliphatic carboxylic acids is 1. The predicted octanol–water partition coefficient (Wildman–Crippen LogP) is -0.0449. The number of hydrogen-bond donors (Lipinski definition) is 4. The van der Waals surface area contributed by atoms with Crippen molar-refractivity contribution in [2.75, 3.05) is 26.2 Å². The lowest BCUT2D eigenvalue weighted by atomic mass is 9.89. The molecule has 210 valence electrons. The van der Waals surface area contributed by atoms with Gasteiger partial charge in [0.15, 0.2) is 5.96 Å². The van der Waals surface area contributed by atoms with Crippen LogP contribution in [0.2, 0.25) is 0 Å². The number of benzene rings is 1. The number of carbonyl (C=O) groups is 5. The number of carboxylic acid groups (broad SMARTS) is 1. The van der Waals surface area contributed by atoms with E-state index >= 15 is 0 Å². The molecule has 3 fully saturated rings. The molecule has 39 heavy (non-hydrogen) atoms. The number of fused-ring (bicyclic) bond motifs is 1. The molecule has 3 aliphatic heterocycles. The first kappa shape index (κ1) is 28.1. The maximum atomic E-state index is 13.3. The van der Waals surface area contributed by atoms with Gasteiger partial charge in [0.1, 0.15) is 6.04 Å². The van der Waals surface area contributed by atoms with Gasteiger partial charge in [-0.1, -0.05) is 30.3 Å². The van der Waals surface area contributed by atoms with Crippen LogP contribution in [0.3, 0.4) is 0 Å². The zero-order chi connectivity index (χ0) is 28.1. The molecule has 3 saturated heterocycles. The van der Waals surface area contributed by atoms with Gasteiger partial charge in [0.25, 0.3) is 5.78 Å². The van der Waals surface area contributed by atoms with Crippen LogP contribution in [0.5, 0.6) is 0 Å². The summed E-state index contributed by atoms with van der Waals surface area (Å²) >= 11 is 0. The number of piperidine rings is 1. The summed E-state index contributed by atoms with van der Waals surface area (Å²) in [6.07, 6.45) is 3.31. The highest BCUT2D eigenvalue weighted by molar-refractivity contribution is 6.35. The van der Waals surface area contributed by atoms with Crippen molar-refractivity contribution in [3.8, 4) is 0 Å². The van der Waals surface area contributed by atoms with E-state index in [0.717, 1.165) is 12.0 Å². The van der Waals surface area contributed by atoms with Crippen molar-refractivity contribution in [2.24, 2.45) is 11.7 Å². The molecule has 0 radical (unpaired) electrons. The van der Waals surface area contributed by atoms with Crippen molar-refractivity contribution in [3.05, 3.63) is 35.9 Å². The Hall–Kier alpha value is -3.96. The first-order valence-corrected chi connectivity index (χ1v) is 13.4. The number of nitrogens with zero attached hydrogens (tertiary/aromatic N) is 3. The van der Waals surface area contributed by atoms with E-state index in [1.54, 1.807) is 9.80 Å². The Bertz CT molecular complexity index is 1130. The normalized spacial score (nSPS) is 23.6. The minimum absolute atomic E-state index is 0.0851. The van der Waals surface area contributed by atoms with Crippen LogP contribution in [0, 0.1) is 11.3 Å². The van der Waals surface area contributed by atoms with E-state index in [1.165, 1.54) is 4.90 Å². The predicted molar refractivity (Wildman–Crippen MR) is 140 cm³/mol. The smallest absolute Gasteiger partial charge is 0.374 e. The summed E-state index contributed by atoms with van der Waals surface area (Å²) in [5, 5.41) is 19.6. The second-order valence-electron chi connectivity index (χ2n) is 10.6. The molecule has 5 N–H and O–H groups in total. The Morgan fingerprint density at radius 2 is 1.82 bits per heavy atom. The first-order chi connectivity index (χ1) is 18.6. The van der Waals surface area contributed by atoms with E-state index in [1.807, 2.05) is 30.3 Å². The van der Waals surface area contributed by atoms with Crippen molar-refractivity contribution in [1.29, 1.82) is 5.41 Å². The fourth-order valence-electron chi connectivity index (χ4n) is 5.96. The van der Waals surface area contributed by atoms with Crippen molar-refractivity contribution in [1.82, 2.24) is 20.0 Å². The van der Waals surface area contributed by atoms with E-state index in [9.17, 15) is 29.1 Å². The summed E-state index contributed by atoms with van der Waals surface area (Å²) in [7, 11) is 0. The van der Waals surface area contributed by atoms with Crippen LogP contribution in [0.25, 0.3) is 0 Å². The number of guanidine groups is 1. The number of hydrogen-bond acceptors (Lipinski definition) is 6. The van der Waals surface area contributed by atoms with Gasteiger partial charge in [-0.25, -0.2) is 4.79 Å². The molecule has 4 rings (SSSR count). The Balaban J connectivity index is 1.36. The zero-order valence-corrected chi connectivity index (χ0v) is 21.9. The molecule has 0 aliphatic carbocycles. The summed E-state index contributed by atoms with van der Waals surface area (Å²) in [5.41, 5.74) is 6.64. The molecule has 4 atom stereocenters. The minimum atomic E-state index is -1.64. The maximum Gasteiger partial charge on any atom is 0.374 e. The third-order valence-corrected chi connectivity index (χ3v) is 7.95. The molecular weight excluding hydrogens is 504 g/mol. The van der Waals surface area contributed by atoms with E-state index in [0.29, 0.717) is 45.3 Å². The number of rotatable bonds is 9. The highest BCUT2D eigenvalue weighted by Crippen LogP contribution is 2.29. The molecule has 12 nitrogen and oxygen atoms in total. The second-order valence-corrected chi connectivity index (χ2v) is 10.6. The van der Waals surface area contributed by atoms with Crippen LogP contribution in [0.15, 0.2) is 30.3 Å². The quantitative estimate of drug-likeness (QED) is 0.191. The Morgan fingerprint density at radius 3 is 2.51 bits per heavy atom. The molecule has 1 aromatic carbocycles. The van der Waals surface area contributed by atoms with Crippen molar-refractivity contribution >= 4 is 35.4 Å². The second kappa shape index (κ2) is 12.3. The van der Waals surface area contributed by atoms with Crippen LogP contribution in [-0.2, 0) is 30.4 Å². The zero-order valence-electron chi connectivity index (χ0n) is 21.9. The minimum Gasteiger partial charge on any atom is -0.475 e. The summed E-state index contributed by atoms with van der Waals surface area (Å²) < 4.78 is 0. The third-order valence-electron chi connectivity index (χ3n) is 7.95. The highest BCUT2D eigenvalue weighted by Gasteiger charge is 2.46. The number of amides is 3.